The van der Waals surface area contributed by atoms with E-state index < -0.39 is 35.1 Å². The van der Waals surface area contributed by atoms with Gasteiger partial charge in [0.2, 0.25) is 5.91 Å². The Hall–Kier alpha value is -3.18. The monoisotopic (exact) mass is 569 g/mol. The summed E-state index contributed by atoms with van der Waals surface area (Å²) in [6, 6.07) is 15.6. The number of nitriles is 1. The molecule has 1 N–H and O–H groups in total. The van der Waals surface area contributed by atoms with Crippen LogP contribution in [0.2, 0.25) is 10.0 Å². The van der Waals surface area contributed by atoms with E-state index in [1.54, 1.807) is 18.2 Å². The molecule has 0 bridgehead atoms. The van der Waals surface area contributed by atoms with Crippen molar-refractivity contribution in [2.45, 2.75) is 50.6 Å². The maximum absolute atomic E-state index is 15.8. The minimum atomic E-state index is -1.65. The number of halogens is 4. The highest BCUT2D eigenvalue weighted by molar-refractivity contribution is 6.31. The highest BCUT2D eigenvalue weighted by Crippen LogP contribution is 2.58. The number of nitrogens with zero attached hydrogens (tertiary/aromatic N) is 3. The standard InChI is InChI=1S/C30H27Cl2F2N3O2/c1-29(2,3)14-24-30(15-35,21-11-10-17(31)12-23(21)33)25(20-8-5-9-22(32)26(20)34)27-28(39)36(16-37(24)27)18-6-4-7-19(38)13-18/h4-13,24-25,27,38H,14,16H2,1-3H3/t24?,25-,27+,30-/m0/s1. The van der Waals surface area contributed by atoms with E-state index in [4.69, 9.17) is 23.2 Å². The Morgan fingerprint density at radius 1 is 1.10 bits per heavy atom. The third kappa shape index (κ3) is 4.45. The van der Waals surface area contributed by atoms with Gasteiger partial charge >= 0.3 is 0 Å². The van der Waals surface area contributed by atoms with Gasteiger partial charge in [-0.25, -0.2) is 8.78 Å². The van der Waals surface area contributed by atoms with E-state index in [0.717, 1.165) is 6.07 Å². The Kier molecular flexibility index (Phi) is 6.87. The minimum absolute atomic E-state index is 0.00866. The maximum Gasteiger partial charge on any atom is 0.246 e. The Bertz CT molecular complexity index is 1500. The third-order valence-electron chi connectivity index (χ3n) is 7.74. The van der Waals surface area contributed by atoms with Crippen LogP contribution in [0, 0.1) is 28.4 Å². The molecular weight excluding hydrogens is 543 g/mol. The summed E-state index contributed by atoms with van der Waals surface area (Å²) in [6.07, 6.45) is 0.402. The number of anilines is 1. The van der Waals surface area contributed by atoms with Crippen LogP contribution >= 0.6 is 23.2 Å². The van der Waals surface area contributed by atoms with Crippen molar-refractivity contribution < 1.29 is 18.7 Å². The Balaban J connectivity index is 1.80. The summed E-state index contributed by atoms with van der Waals surface area (Å²) in [5.74, 6) is -2.94. The molecule has 4 atom stereocenters. The van der Waals surface area contributed by atoms with Crippen LogP contribution in [0.15, 0.2) is 60.7 Å². The van der Waals surface area contributed by atoms with Crippen LogP contribution in [0.5, 0.6) is 5.75 Å². The molecule has 2 aliphatic heterocycles. The summed E-state index contributed by atoms with van der Waals surface area (Å²) < 4.78 is 31.6. The van der Waals surface area contributed by atoms with E-state index in [0.29, 0.717) is 12.1 Å². The first-order valence-electron chi connectivity index (χ1n) is 12.6. The number of aromatic hydroxyl groups is 1. The van der Waals surface area contributed by atoms with Crippen molar-refractivity contribution >= 4 is 34.8 Å². The molecule has 3 aromatic carbocycles. The number of fused-ring (bicyclic) bond motifs is 1. The minimum Gasteiger partial charge on any atom is -0.508 e. The molecule has 0 saturated carbocycles. The number of rotatable bonds is 4. The summed E-state index contributed by atoms with van der Waals surface area (Å²) in [5.41, 5.74) is -1.41. The molecule has 1 unspecified atom stereocenters. The van der Waals surface area contributed by atoms with Crippen molar-refractivity contribution in [3.8, 4) is 11.8 Å². The highest BCUT2D eigenvalue weighted by atomic mass is 35.5. The molecule has 0 radical (unpaired) electrons. The number of carbonyl (C=O) groups excluding carboxylic acids is 1. The van der Waals surface area contributed by atoms with E-state index >= 15 is 8.78 Å². The first-order chi connectivity index (χ1) is 18.4. The SMILES string of the molecule is CC(C)(C)CC1N2CN(c3cccc(O)c3)C(=O)[C@H]2[C@H](c2cccc(Cl)c2F)[C@@]1(C#N)c1ccc(Cl)cc1F. The molecule has 9 heteroatoms. The third-order valence-corrected chi connectivity index (χ3v) is 8.27. The molecule has 0 aromatic heterocycles. The molecule has 39 heavy (non-hydrogen) atoms. The van der Waals surface area contributed by atoms with Crippen molar-refractivity contribution in [1.29, 1.82) is 5.26 Å². The number of hydrogen-bond acceptors (Lipinski definition) is 4. The average molecular weight is 570 g/mol. The van der Waals surface area contributed by atoms with Crippen LogP contribution in [0.3, 0.4) is 0 Å². The second-order valence-electron chi connectivity index (χ2n) is 11.4. The zero-order valence-electron chi connectivity index (χ0n) is 21.6. The number of amides is 1. The van der Waals surface area contributed by atoms with Gasteiger partial charge in [0.05, 0.1) is 17.8 Å². The van der Waals surface area contributed by atoms with Crippen LogP contribution in [0.4, 0.5) is 14.5 Å². The summed E-state index contributed by atoms with van der Waals surface area (Å²) in [5, 5.41) is 21.1. The van der Waals surface area contributed by atoms with Crippen LogP contribution < -0.4 is 4.90 Å². The second-order valence-corrected chi connectivity index (χ2v) is 12.2. The van der Waals surface area contributed by atoms with Gasteiger partial charge in [-0.05, 0) is 47.7 Å². The predicted octanol–water partition coefficient (Wildman–Crippen LogP) is 7.02. The second kappa shape index (κ2) is 9.78. The zero-order chi connectivity index (χ0) is 28.3. The van der Waals surface area contributed by atoms with Crippen molar-refractivity contribution in [2.24, 2.45) is 5.41 Å². The molecule has 5 rings (SSSR count). The first-order valence-corrected chi connectivity index (χ1v) is 13.3. The van der Waals surface area contributed by atoms with E-state index in [2.05, 4.69) is 6.07 Å². The largest absolute Gasteiger partial charge is 0.508 e. The van der Waals surface area contributed by atoms with Crippen LogP contribution in [0.1, 0.15) is 44.2 Å². The fraction of sp³-hybridized carbons (Fsp3) is 0.333. The fourth-order valence-electron chi connectivity index (χ4n) is 6.25. The molecule has 3 aromatic rings. The van der Waals surface area contributed by atoms with Crippen LogP contribution in [-0.4, -0.2) is 34.7 Å². The number of phenols is 1. The van der Waals surface area contributed by atoms with Crippen molar-refractivity contribution in [3.05, 3.63) is 93.5 Å². The molecule has 2 fully saturated rings. The molecule has 2 saturated heterocycles. The van der Waals surface area contributed by atoms with Crippen LogP contribution in [0.25, 0.3) is 0 Å². The molecule has 2 aliphatic rings. The summed E-state index contributed by atoms with van der Waals surface area (Å²) in [4.78, 5) is 17.6. The van der Waals surface area contributed by atoms with Gasteiger partial charge in [-0.15, -0.1) is 0 Å². The highest BCUT2D eigenvalue weighted by Gasteiger charge is 2.67. The van der Waals surface area contributed by atoms with E-state index in [1.165, 1.54) is 41.3 Å². The molecule has 202 valence electrons. The zero-order valence-corrected chi connectivity index (χ0v) is 23.1. The number of carbonyl (C=O) groups is 1. The lowest BCUT2D eigenvalue weighted by atomic mass is 9.62. The number of phenolic OH excluding ortho intramolecular Hbond substituents is 1. The molecule has 1 amide bonds. The van der Waals surface area contributed by atoms with Gasteiger partial charge in [0.15, 0.2) is 0 Å². The quantitative estimate of drug-likeness (QED) is 0.366. The lowest BCUT2D eigenvalue weighted by Gasteiger charge is -2.40. The van der Waals surface area contributed by atoms with Crippen molar-refractivity contribution in [1.82, 2.24) is 4.90 Å². The maximum atomic E-state index is 15.8. The summed E-state index contributed by atoms with van der Waals surface area (Å²) in [7, 11) is 0. The van der Waals surface area contributed by atoms with E-state index in [1.807, 2.05) is 25.7 Å². The van der Waals surface area contributed by atoms with Gasteiger partial charge in [-0.1, -0.05) is 68.2 Å². The van der Waals surface area contributed by atoms with Gasteiger partial charge in [0.25, 0.3) is 0 Å². The smallest absolute Gasteiger partial charge is 0.246 e. The molecule has 0 spiro atoms. The summed E-state index contributed by atoms with van der Waals surface area (Å²) in [6.45, 7) is 6.08. The van der Waals surface area contributed by atoms with Gasteiger partial charge in [0, 0.05) is 34.3 Å². The Morgan fingerprint density at radius 2 is 1.82 bits per heavy atom. The lowest BCUT2D eigenvalue weighted by molar-refractivity contribution is -0.119. The van der Waals surface area contributed by atoms with Crippen LogP contribution in [-0.2, 0) is 10.2 Å². The van der Waals surface area contributed by atoms with Crippen molar-refractivity contribution in [3.63, 3.8) is 0 Å². The number of hydrogen-bond donors (Lipinski definition) is 1. The van der Waals surface area contributed by atoms with Gasteiger partial charge in [-0.2, -0.15) is 5.26 Å². The fourth-order valence-corrected chi connectivity index (χ4v) is 6.59. The van der Waals surface area contributed by atoms with E-state index in [-0.39, 0.29) is 44.9 Å². The Labute approximate surface area is 236 Å². The van der Waals surface area contributed by atoms with E-state index in [9.17, 15) is 15.2 Å². The van der Waals surface area contributed by atoms with Crippen molar-refractivity contribution in [2.75, 3.05) is 11.6 Å². The molecule has 5 nitrogen and oxygen atoms in total. The predicted molar refractivity (Wildman–Crippen MR) is 147 cm³/mol. The molecule has 0 aliphatic carbocycles. The number of benzene rings is 3. The molecular formula is C30H27Cl2F2N3O2. The lowest BCUT2D eigenvalue weighted by Crippen LogP contribution is -2.48. The van der Waals surface area contributed by atoms with Gasteiger partial charge in [-0.3, -0.25) is 14.6 Å². The average Bonchev–Trinajstić information content (AvgIpc) is 3.32. The van der Waals surface area contributed by atoms with Gasteiger partial charge < -0.3 is 5.11 Å². The summed E-state index contributed by atoms with van der Waals surface area (Å²) >= 11 is 12.3. The normalized spacial score (nSPS) is 25.1. The first kappa shape index (κ1) is 27.4. The molecule has 2 heterocycles. The Morgan fingerprint density at radius 3 is 2.46 bits per heavy atom. The topological polar surface area (TPSA) is 67.6 Å². The van der Waals surface area contributed by atoms with Gasteiger partial charge in [0.1, 0.15) is 28.8 Å².